The van der Waals surface area contributed by atoms with Crippen molar-refractivity contribution in [3.05, 3.63) is 92.5 Å². The summed E-state index contributed by atoms with van der Waals surface area (Å²) in [5.74, 6) is 0.674. The number of hydrogen-bond donors (Lipinski definition) is 2. The summed E-state index contributed by atoms with van der Waals surface area (Å²) < 4.78 is 5.26. The molecule has 8 nitrogen and oxygen atoms in total. The van der Waals surface area contributed by atoms with Crippen LogP contribution in [-0.2, 0) is 22.4 Å². The third-order valence-electron chi connectivity index (χ3n) is 8.68. The van der Waals surface area contributed by atoms with Gasteiger partial charge in [-0.15, -0.1) is 11.3 Å². The molecule has 1 aromatic carbocycles. The van der Waals surface area contributed by atoms with Gasteiger partial charge in [0.1, 0.15) is 5.82 Å². The van der Waals surface area contributed by atoms with Crippen molar-refractivity contribution < 1.29 is 19.1 Å². The minimum absolute atomic E-state index is 0.0374. The summed E-state index contributed by atoms with van der Waals surface area (Å²) in [5, 5.41) is 6.25. The standard InChI is InChI=1S/C36H42N4O4S.C2H6/c1-5-26(29-10-8-11-30(23(29)2)39-35(42)33-20-27-9-6-7-12-32(27)45-33)19-31(24(3)41)38-34-14-13-28(21-37-34)36(43)40-17-15-25(16-18-40)22-44-4;1-2/h5,8,10-11,13-14,19-21,25H,6-7,9,12,15-18,22H2,1-4H3,(H,37,38)(H,39,42);1-2H3/b26-5+,31-19+;. The van der Waals surface area contributed by atoms with Gasteiger partial charge in [-0.3, -0.25) is 14.4 Å². The summed E-state index contributed by atoms with van der Waals surface area (Å²) in [5.41, 5.74) is 5.58. The van der Waals surface area contributed by atoms with Gasteiger partial charge in [0.05, 0.1) is 16.1 Å². The molecule has 2 aliphatic rings. The van der Waals surface area contributed by atoms with Crippen molar-refractivity contribution in [2.75, 3.05) is 37.4 Å². The van der Waals surface area contributed by atoms with Crippen LogP contribution in [0.15, 0.2) is 60.4 Å². The number of carbonyl (C=O) groups excluding carboxylic acids is 3. The first-order valence-corrected chi connectivity index (χ1v) is 17.5. The molecule has 0 saturated carbocycles. The molecule has 0 spiro atoms. The number of allylic oxidation sites excluding steroid dienone is 4. The van der Waals surface area contributed by atoms with Crippen molar-refractivity contribution in [1.82, 2.24) is 9.88 Å². The van der Waals surface area contributed by atoms with Gasteiger partial charge in [-0.05, 0) is 111 Å². The Morgan fingerprint density at radius 1 is 1.06 bits per heavy atom. The summed E-state index contributed by atoms with van der Waals surface area (Å²) in [6.07, 6.45) is 11.6. The van der Waals surface area contributed by atoms with E-state index < -0.39 is 0 Å². The van der Waals surface area contributed by atoms with Gasteiger partial charge in [0.25, 0.3) is 11.8 Å². The number of likely N-dealkylation sites (tertiary alicyclic amines) is 1. The fourth-order valence-electron chi connectivity index (χ4n) is 6.02. The Morgan fingerprint density at radius 3 is 2.45 bits per heavy atom. The van der Waals surface area contributed by atoms with Gasteiger partial charge >= 0.3 is 0 Å². The highest BCUT2D eigenvalue weighted by molar-refractivity contribution is 7.14. The van der Waals surface area contributed by atoms with Gasteiger partial charge in [0, 0.05) is 50.5 Å². The van der Waals surface area contributed by atoms with Crippen LogP contribution in [0.1, 0.15) is 95.0 Å². The zero-order valence-electron chi connectivity index (χ0n) is 28.6. The minimum Gasteiger partial charge on any atom is -0.384 e. The van der Waals surface area contributed by atoms with Crippen molar-refractivity contribution in [3.8, 4) is 0 Å². The number of thiophene rings is 1. The van der Waals surface area contributed by atoms with Crippen LogP contribution in [0, 0.1) is 12.8 Å². The van der Waals surface area contributed by atoms with Crippen molar-refractivity contribution in [1.29, 1.82) is 0 Å². The molecule has 3 aromatic rings. The number of pyridine rings is 1. The van der Waals surface area contributed by atoms with E-state index in [0.717, 1.165) is 59.6 Å². The number of methoxy groups -OCH3 is 1. The lowest BCUT2D eigenvalue weighted by atomic mass is 9.97. The van der Waals surface area contributed by atoms with E-state index in [-0.39, 0.29) is 17.6 Å². The van der Waals surface area contributed by atoms with Crippen LogP contribution in [0.3, 0.4) is 0 Å². The molecular formula is C38H48N4O4S. The lowest BCUT2D eigenvalue weighted by Gasteiger charge is -2.31. The zero-order valence-corrected chi connectivity index (χ0v) is 29.4. The highest BCUT2D eigenvalue weighted by Crippen LogP contribution is 2.32. The van der Waals surface area contributed by atoms with Crippen molar-refractivity contribution in [2.45, 2.75) is 73.1 Å². The van der Waals surface area contributed by atoms with Gasteiger partial charge in [0.15, 0.2) is 5.78 Å². The number of fused-ring (bicyclic) bond motifs is 1. The molecular weight excluding hydrogens is 609 g/mol. The molecule has 1 saturated heterocycles. The molecule has 5 rings (SSSR count). The number of rotatable bonds is 10. The van der Waals surface area contributed by atoms with Crippen LogP contribution >= 0.6 is 11.3 Å². The Kier molecular flexibility index (Phi) is 13.1. The summed E-state index contributed by atoms with van der Waals surface area (Å²) in [6.45, 7) is 11.5. The number of hydrogen-bond acceptors (Lipinski definition) is 7. The summed E-state index contributed by atoms with van der Waals surface area (Å²) in [4.78, 5) is 47.3. The number of benzene rings is 1. The van der Waals surface area contributed by atoms with Gasteiger partial charge in [-0.25, -0.2) is 4.98 Å². The van der Waals surface area contributed by atoms with E-state index in [2.05, 4.69) is 15.6 Å². The second-order valence-corrected chi connectivity index (χ2v) is 12.9. The molecule has 1 aliphatic carbocycles. The predicted molar refractivity (Wildman–Crippen MR) is 192 cm³/mol. The maximum Gasteiger partial charge on any atom is 0.265 e. The van der Waals surface area contributed by atoms with Gasteiger partial charge in [0.2, 0.25) is 0 Å². The van der Waals surface area contributed by atoms with Crippen LogP contribution in [0.25, 0.3) is 5.57 Å². The normalized spacial score (nSPS) is 15.3. The molecule has 0 radical (unpaired) electrons. The van der Waals surface area contributed by atoms with Gasteiger partial charge in [-0.2, -0.15) is 0 Å². The third kappa shape index (κ3) is 9.05. The van der Waals surface area contributed by atoms with Crippen molar-refractivity contribution in [3.63, 3.8) is 0 Å². The van der Waals surface area contributed by atoms with E-state index in [1.165, 1.54) is 30.2 Å². The average Bonchev–Trinajstić information content (AvgIpc) is 3.54. The molecule has 3 heterocycles. The number of aromatic nitrogens is 1. The van der Waals surface area contributed by atoms with E-state index in [4.69, 9.17) is 4.74 Å². The largest absolute Gasteiger partial charge is 0.384 e. The lowest BCUT2D eigenvalue weighted by molar-refractivity contribution is -0.113. The minimum atomic E-state index is -0.154. The SMILES string of the molecule is C/C=C(\C=C(\Nc1ccc(C(=O)N2CCC(COC)CC2)cn1)C(C)=O)c1cccc(NC(=O)c2cc3c(s2)CCCC3)c1C.CC. The molecule has 2 amide bonds. The fourth-order valence-corrected chi connectivity index (χ4v) is 7.17. The van der Waals surface area contributed by atoms with E-state index in [1.807, 2.05) is 62.9 Å². The number of ketones is 1. The number of aryl methyl sites for hydroxylation is 2. The number of Topliss-reactive ketones (excluding diaryl/α,β-unsaturated/α-hetero) is 1. The van der Waals surface area contributed by atoms with Gasteiger partial charge in [-0.1, -0.05) is 32.1 Å². The van der Waals surface area contributed by atoms with Crippen LogP contribution in [-0.4, -0.2) is 54.3 Å². The Hall–Kier alpha value is -4.08. The monoisotopic (exact) mass is 656 g/mol. The topological polar surface area (TPSA) is 101 Å². The first kappa shape index (κ1) is 35.8. The molecule has 250 valence electrons. The molecule has 1 fully saturated rings. The first-order valence-electron chi connectivity index (χ1n) is 16.7. The first-order chi connectivity index (χ1) is 22.8. The maximum atomic E-state index is 13.2. The summed E-state index contributed by atoms with van der Waals surface area (Å²) >= 11 is 1.60. The highest BCUT2D eigenvalue weighted by atomic mass is 32.1. The molecule has 1 aliphatic heterocycles. The van der Waals surface area contributed by atoms with E-state index in [0.29, 0.717) is 36.1 Å². The Bertz CT molecular complexity index is 1590. The van der Waals surface area contributed by atoms with Crippen molar-refractivity contribution in [2.24, 2.45) is 5.92 Å². The molecule has 2 N–H and O–H groups in total. The van der Waals surface area contributed by atoms with Gasteiger partial charge < -0.3 is 20.3 Å². The fraction of sp³-hybridized carbons (Fsp3) is 0.421. The molecule has 0 atom stereocenters. The van der Waals surface area contributed by atoms with Crippen LogP contribution in [0.5, 0.6) is 0 Å². The lowest BCUT2D eigenvalue weighted by Crippen LogP contribution is -2.39. The Balaban J connectivity index is 0.00000245. The quantitative estimate of drug-likeness (QED) is 0.169. The van der Waals surface area contributed by atoms with Crippen molar-refractivity contribution >= 4 is 46.0 Å². The zero-order chi connectivity index (χ0) is 33.9. The highest BCUT2D eigenvalue weighted by Gasteiger charge is 2.24. The van der Waals surface area contributed by atoms with E-state index in [1.54, 1.807) is 42.9 Å². The number of amides is 2. The summed E-state index contributed by atoms with van der Waals surface area (Å²) in [7, 11) is 1.71. The van der Waals surface area contributed by atoms with E-state index >= 15 is 0 Å². The summed E-state index contributed by atoms with van der Waals surface area (Å²) in [6, 6.07) is 11.3. The second-order valence-electron chi connectivity index (χ2n) is 11.8. The molecule has 9 heteroatoms. The van der Waals surface area contributed by atoms with E-state index in [9.17, 15) is 14.4 Å². The molecule has 47 heavy (non-hydrogen) atoms. The third-order valence-corrected chi connectivity index (χ3v) is 9.92. The number of carbonyl (C=O) groups is 3. The second kappa shape index (κ2) is 17.2. The smallest absolute Gasteiger partial charge is 0.265 e. The van der Waals surface area contributed by atoms with Crippen LogP contribution in [0.4, 0.5) is 11.5 Å². The Labute approximate surface area is 283 Å². The number of ether oxygens (including phenoxy) is 1. The Morgan fingerprint density at radius 2 is 1.81 bits per heavy atom. The number of nitrogens with one attached hydrogen (secondary N) is 2. The molecule has 0 bridgehead atoms. The number of piperidine rings is 1. The molecule has 0 unspecified atom stereocenters. The predicted octanol–water partition coefficient (Wildman–Crippen LogP) is 8.10. The van der Waals surface area contributed by atoms with Crippen LogP contribution in [0.2, 0.25) is 0 Å². The molecule has 2 aromatic heterocycles. The maximum absolute atomic E-state index is 13.2. The number of nitrogens with zero attached hydrogens (tertiary/aromatic N) is 2. The number of anilines is 2. The average molecular weight is 657 g/mol. The van der Waals surface area contributed by atoms with Crippen LogP contribution < -0.4 is 10.6 Å².